The van der Waals surface area contributed by atoms with Crippen molar-refractivity contribution < 1.29 is 9.15 Å². The summed E-state index contributed by atoms with van der Waals surface area (Å²) in [6, 6.07) is 14.0. The number of piperidine rings is 1. The van der Waals surface area contributed by atoms with Crippen molar-refractivity contribution in [2.45, 2.75) is 25.4 Å². The SMILES string of the molecule is N#CN1CCC[C@H](Nc2cc(CN3CCOCC3)cc(Nc3ncc(-c4nnc(-c5ccccc5)o4)s3)n2)C1. The van der Waals surface area contributed by atoms with E-state index >= 15 is 0 Å². The van der Waals surface area contributed by atoms with Crippen molar-refractivity contribution in [3.05, 3.63) is 54.2 Å². The Bertz CT molecular complexity index is 1430. The van der Waals surface area contributed by atoms with Gasteiger partial charge in [0.15, 0.2) is 11.3 Å². The van der Waals surface area contributed by atoms with Crippen LogP contribution in [0.25, 0.3) is 22.2 Å². The zero-order valence-electron chi connectivity index (χ0n) is 21.4. The van der Waals surface area contributed by atoms with Crippen LogP contribution in [-0.4, -0.2) is 75.4 Å². The lowest BCUT2D eigenvalue weighted by molar-refractivity contribution is 0.0342. The summed E-state index contributed by atoms with van der Waals surface area (Å²) in [7, 11) is 0. The minimum atomic E-state index is 0.167. The van der Waals surface area contributed by atoms with E-state index in [2.05, 4.69) is 49.0 Å². The Morgan fingerprint density at radius 2 is 1.87 bits per heavy atom. The van der Waals surface area contributed by atoms with Gasteiger partial charge >= 0.3 is 0 Å². The lowest BCUT2D eigenvalue weighted by Gasteiger charge is -2.30. The van der Waals surface area contributed by atoms with Gasteiger partial charge in [-0.15, -0.1) is 10.2 Å². The molecule has 0 radical (unpaired) electrons. The highest BCUT2D eigenvalue weighted by Gasteiger charge is 2.20. The molecule has 0 aliphatic carbocycles. The molecular weight excluding hydrogens is 514 g/mol. The molecule has 0 saturated carbocycles. The fourth-order valence-electron chi connectivity index (χ4n) is 4.79. The molecule has 2 aliphatic heterocycles. The van der Waals surface area contributed by atoms with Gasteiger partial charge in [0, 0.05) is 44.3 Å². The number of likely N-dealkylation sites (tertiary alicyclic amines) is 1. The standard InChI is InChI=1S/C27H29N9O2S/c28-18-36-8-4-7-21(17-36)30-23-13-19(16-35-9-11-37-12-10-35)14-24(31-23)32-27-29-15-22(39-27)26-34-33-25(38-26)20-5-2-1-3-6-20/h1-3,5-6,13-15,21H,4,7-12,16-17H2,(H2,29,30,31,32)/t21-/m0/s1. The van der Waals surface area contributed by atoms with Crippen molar-refractivity contribution in [1.29, 1.82) is 5.26 Å². The first-order chi connectivity index (χ1) is 19.2. The molecule has 39 heavy (non-hydrogen) atoms. The maximum atomic E-state index is 9.34. The predicted octanol–water partition coefficient (Wildman–Crippen LogP) is 4.19. The minimum Gasteiger partial charge on any atom is -0.415 e. The summed E-state index contributed by atoms with van der Waals surface area (Å²) >= 11 is 1.43. The lowest BCUT2D eigenvalue weighted by Crippen LogP contribution is -2.39. The number of hydrogen-bond donors (Lipinski definition) is 2. The van der Waals surface area contributed by atoms with Crippen LogP contribution in [-0.2, 0) is 11.3 Å². The Labute approximate surface area is 230 Å². The number of nitrogens with zero attached hydrogens (tertiary/aromatic N) is 7. The van der Waals surface area contributed by atoms with E-state index in [0.29, 0.717) is 29.3 Å². The highest BCUT2D eigenvalue weighted by Crippen LogP contribution is 2.32. The second kappa shape index (κ2) is 11.8. The van der Waals surface area contributed by atoms with Gasteiger partial charge in [0.1, 0.15) is 16.5 Å². The van der Waals surface area contributed by atoms with E-state index in [1.165, 1.54) is 11.3 Å². The van der Waals surface area contributed by atoms with Crippen LogP contribution in [0.1, 0.15) is 18.4 Å². The molecule has 0 amide bonds. The number of morpholine rings is 1. The molecule has 4 aromatic rings. The molecule has 11 nitrogen and oxygen atoms in total. The number of anilines is 3. The van der Waals surface area contributed by atoms with E-state index in [-0.39, 0.29) is 6.04 Å². The number of hydrogen-bond acceptors (Lipinski definition) is 12. The monoisotopic (exact) mass is 543 g/mol. The maximum Gasteiger partial charge on any atom is 0.259 e. The van der Waals surface area contributed by atoms with Crippen LogP contribution < -0.4 is 10.6 Å². The topological polar surface area (TPSA) is 128 Å². The molecule has 5 heterocycles. The molecule has 3 aromatic heterocycles. The molecule has 2 N–H and O–H groups in total. The third-order valence-electron chi connectivity index (χ3n) is 6.71. The molecule has 0 bridgehead atoms. The van der Waals surface area contributed by atoms with Crippen LogP contribution in [0.3, 0.4) is 0 Å². The fourth-order valence-corrected chi connectivity index (χ4v) is 5.53. The third-order valence-corrected chi connectivity index (χ3v) is 7.61. The third kappa shape index (κ3) is 6.34. The van der Waals surface area contributed by atoms with Crippen molar-refractivity contribution in [1.82, 2.24) is 30.0 Å². The van der Waals surface area contributed by atoms with Gasteiger partial charge in [-0.2, -0.15) is 5.26 Å². The van der Waals surface area contributed by atoms with E-state index in [4.69, 9.17) is 14.1 Å². The molecule has 2 saturated heterocycles. The summed E-state index contributed by atoms with van der Waals surface area (Å²) < 4.78 is 11.4. The zero-order chi connectivity index (χ0) is 26.4. The van der Waals surface area contributed by atoms with Crippen LogP contribution in [0, 0.1) is 11.5 Å². The van der Waals surface area contributed by atoms with Gasteiger partial charge in [-0.3, -0.25) is 4.90 Å². The van der Waals surface area contributed by atoms with E-state index in [0.717, 1.165) is 74.1 Å². The number of ether oxygens (including phenoxy) is 1. The van der Waals surface area contributed by atoms with Gasteiger partial charge < -0.3 is 24.7 Å². The van der Waals surface area contributed by atoms with Crippen molar-refractivity contribution in [2.24, 2.45) is 0 Å². The second-order valence-corrected chi connectivity index (χ2v) is 10.6. The molecule has 12 heteroatoms. The van der Waals surface area contributed by atoms with Gasteiger partial charge in [0.05, 0.1) is 19.4 Å². The van der Waals surface area contributed by atoms with Crippen molar-refractivity contribution in [2.75, 3.05) is 50.0 Å². The quantitative estimate of drug-likeness (QED) is 0.310. The summed E-state index contributed by atoms with van der Waals surface area (Å²) in [5.41, 5.74) is 2.02. The average Bonchev–Trinajstić information content (AvgIpc) is 3.64. The Balaban J connectivity index is 1.20. The molecular formula is C27H29N9O2S. The average molecular weight is 544 g/mol. The van der Waals surface area contributed by atoms with Gasteiger partial charge in [-0.25, -0.2) is 9.97 Å². The molecule has 0 unspecified atom stereocenters. The zero-order valence-corrected chi connectivity index (χ0v) is 22.2. The summed E-state index contributed by atoms with van der Waals surface area (Å²) in [5.74, 6) is 2.39. The summed E-state index contributed by atoms with van der Waals surface area (Å²) in [5, 5.41) is 25.3. The number of rotatable bonds is 8. The van der Waals surface area contributed by atoms with Gasteiger partial charge in [0.2, 0.25) is 5.89 Å². The largest absolute Gasteiger partial charge is 0.415 e. The van der Waals surface area contributed by atoms with Gasteiger partial charge in [-0.1, -0.05) is 29.5 Å². The van der Waals surface area contributed by atoms with Gasteiger partial charge in [-0.05, 0) is 42.7 Å². The van der Waals surface area contributed by atoms with E-state index in [1.807, 2.05) is 30.3 Å². The van der Waals surface area contributed by atoms with Gasteiger partial charge in [0.25, 0.3) is 5.89 Å². The van der Waals surface area contributed by atoms with Crippen molar-refractivity contribution >= 4 is 28.1 Å². The molecule has 2 aliphatic rings. The first kappa shape index (κ1) is 25.2. The Morgan fingerprint density at radius 1 is 1.05 bits per heavy atom. The van der Waals surface area contributed by atoms with E-state index in [1.54, 1.807) is 11.1 Å². The minimum absolute atomic E-state index is 0.167. The maximum absolute atomic E-state index is 9.34. The van der Waals surface area contributed by atoms with E-state index in [9.17, 15) is 5.26 Å². The van der Waals surface area contributed by atoms with Crippen LogP contribution in [0.2, 0.25) is 0 Å². The van der Waals surface area contributed by atoms with E-state index < -0.39 is 0 Å². The molecule has 200 valence electrons. The molecule has 1 atom stereocenters. The number of aromatic nitrogens is 4. The number of benzene rings is 1. The summed E-state index contributed by atoms with van der Waals surface area (Å²) in [6.07, 6.45) is 5.98. The number of nitriles is 1. The highest BCUT2D eigenvalue weighted by molar-refractivity contribution is 7.18. The smallest absolute Gasteiger partial charge is 0.259 e. The predicted molar refractivity (Wildman–Crippen MR) is 148 cm³/mol. The van der Waals surface area contributed by atoms with Crippen molar-refractivity contribution in [3.63, 3.8) is 0 Å². The molecule has 0 spiro atoms. The van der Waals surface area contributed by atoms with Crippen molar-refractivity contribution in [3.8, 4) is 28.4 Å². The Morgan fingerprint density at radius 3 is 2.72 bits per heavy atom. The first-order valence-electron chi connectivity index (χ1n) is 13.1. The molecule has 6 rings (SSSR count). The van der Waals surface area contributed by atoms with Crippen LogP contribution in [0.5, 0.6) is 0 Å². The second-order valence-electron chi connectivity index (χ2n) is 9.60. The fraction of sp³-hybridized carbons (Fsp3) is 0.370. The summed E-state index contributed by atoms with van der Waals surface area (Å²) in [4.78, 5) is 14.3. The normalized spacial score (nSPS) is 18.0. The first-order valence-corrected chi connectivity index (χ1v) is 13.9. The van der Waals surface area contributed by atoms with Crippen LogP contribution in [0.4, 0.5) is 16.8 Å². The Kier molecular flexibility index (Phi) is 7.62. The number of thiazole rings is 1. The number of pyridine rings is 1. The Hall–Kier alpha value is -4.05. The molecule has 2 fully saturated rings. The number of nitrogens with one attached hydrogen (secondary N) is 2. The molecule has 1 aromatic carbocycles. The van der Waals surface area contributed by atoms with Crippen LogP contribution in [0.15, 0.2) is 53.1 Å². The lowest BCUT2D eigenvalue weighted by atomic mass is 10.1. The summed E-state index contributed by atoms with van der Waals surface area (Å²) in [6.45, 7) is 5.59. The highest BCUT2D eigenvalue weighted by atomic mass is 32.1. The van der Waals surface area contributed by atoms with Crippen LogP contribution >= 0.6 is 11.3 Å².